The highest BCUT2D eigenvalue weighted by Crippen LogP contribution is 2.27. The molecule has 19 heavy (non-hydrogen) atoms. The van der Waals surface area contributed by atoms with Gasteiger partial charge < -0.3 is 9.47 Å². The molecule has 3 rings (SSSR count). The molecule has 0 spiro atoms. The molecule has 4 heteroatoms. The Morgan fingerprint density at radius 3 is 3.11 bits per heavy atom. The van der Waals surface area contributed by atoms with Crippen LogP contribution in [0.3, 0.4) is 0 Å². The summed E-state index contributed by atoms with van der Waals surface area (Å²) in [5.74, 6) is 1.64. The molecule has 1 fully saturated rings. The van der Waals surface area contributed by atoms with Gasteiger partial charge >= 0.3 is 0 Å². The zero-order valence-corrected chi connectivity index (χ0v) is 11.9. The molecule has 0 aromatic heterocycles. The summed E-state index contributed by atoms with van der Waals surface area (Å²) in [5.41, 5.74) is 1.20. The summed E-state index contributed by atoms with van der Waals surface area (Å²) in [6, 6.07) is 5.89. The second-order valence-corrected chi connectivity index (χ2v) is 5.86. The summed E-state index contributed by atoms with van der Waals surface area (Å²) < 4.78 is 11.4. The lowest BCUT2D eigenvalue weighted by molar-refractivity contribution is 0.0365. The number of rotatable bonds is 2. The highest BCUT2D eigenvalue weighted by molar-refractivity contribution is 6.30. The molecule has 104 valence electrons. The smallest absolute Gasteiger partial charge is 0.123 e. The Labute approximate surface area is 119 Å². The summed E-state index contributed by atoms with van der Waals surface area (Å²) in [7, 11) is 0. The maximum Gasteiger partial charge on any atom is 0.123 e. The van der Waals surface area contributed by atoms with E-state index in [1.807, 2.05) is 18.2 Å². The summed E-state index contributed by atoms with van der Waals surface area (Å²) in [6.45, 7) is 5.57. The van der Waals surface area contributed by atoms with Gasteiger partial charge in [-0.05, 0) is 37.0 Å². The average molecular weight is 282 g/mol. The molecule has 1 aromatic carbocycles. The van der Waals surface area contributed by atoms with Gasteiger partial charge in [0.15, 0.2) is 0 Å². The van der Waals surface area contributed by atoms with E-state index in [9.17, 15) is 0 Å². The summed E-state index contributed by atoms with van der Waals surface area (Å²) in [4.78, 5) is 2.46. The third kappa shape index (κ3) is 3.41. The molecule has 0 aliphatic carbocycles. The van der Waals surface area contributed by atoms with Crippen molar-refractivity contribution in [3.8, 4) is 5.75 Å². The standard InChI is InChI=1S/C15H20ClNO2/c16-14-3-4-15-13(8-14)10-17(5-7-19-15)9-12-2-1-6-18-11-12/h3-4,8,12H,1-2,5-7,9-11H2/t12-/m0/s1. The van der Waals surface area contributed by atoms with Crippen LogP contribution in [0.15, 0.2) is 18.2 Å². The first-order valence-electron chi connectivity index (χ1n) is 7.02. The van der Waals surface area contributed by atoms with Crippen LogP contribution in [0.4, 0.5) is 0 Å². The van der Waals surface area contributed by atoms with Gasteiger partial charge in [0.2, 0.25) is 0 Å². The van der Waals surface area contributed by atoms with Crippen LogP contribution in [0.2, 0.25) is 5.02 Å². The van der Waals surface area contributed by atoms with E-state index < -0.39 is 0 Å². The normalized spacial score (nSPS) is 24.4. The summed E-state index contributed by atoms with van der Waals surface area (Å²) in [6.07, 6.45) is 2.47. The Morgan fingerprint density at radius 1 is 1.32 bits per heavy atom. The lowest BCUT2D eigenvalue weighted by atomic mass is 10.0. The minimum atomic E-state index is 0.662. The first-order chi connectivity index (χ1) is 9.31. The zero-order chi connectivity index (χ0) is 13.1. The van der Waals surface area contributed by atoms with E-state index in [1.54, 1.807) is 0 Å². The fourth-order valence-corrected chi connectivity index (χ4v) is 3.08. The number of hydrogen-bond acceptors (Lipinski definition) is 3. The SMILES string of the molecule is Clc1ccc2c(c1)CN(C[C@@H]1CCCOC1)CCO2. The van der Waals surface area contributed by atoms with E-state index in [-0.39, 0.29) is 0 Å². The number of halogens is 1. The molecule has 0 saturated carbocycles. The topological polar surface area (TPSA) is 21.7 Å². The van der Waals surface area contributed by atoms with Crippen molar-refractivity contribution in [2.45, 2.75) is 19.4 Å². The number of ether oxygens (including phenoxy) is 2. The van der Waals surface area contributed by atoms with Gasteiger partial charge in [-0.3, -0.25) is 4.90 Å². The van der Waals surface area contributed by atoms with Crippen LogP contribution in [0.1, 0.15) is 18.4 Å². The minimum absolute atomic E-state index is 0.662. The minimum Gasteiger partial charge on any atom is -0.492 e. The van der Waals surface area contributed by atoms with Crippen molar-refractivity contribution >= 4 is 11.6 Å². The van der Waals surface area contributed by atoms with Crippen LogP contribution in [0, 0.1) is 5.92 Å². The lowest BCUT2D eigenvalue weighted by Gasteiger charge is -2.28. The van der Waals surface area contributed by atoms with Crippen molar-refractivity contribution in [2.75, 3.05) is 32.9 Å². The summed E-state index contributed by atoms with van der Waals surface area (Å²) in [5, 5.41) is 0.783. The highest BCUT2D eigenvalue weighted by Gasteiger charge is 2.21. The molecule has 0 unspecified atom stereocenters. The van der Waals surface area contributed by atoms with Crippen LogP contribution < -0.4 is 4.74 Å². The molecular weight excluding hydrogens is 262 g/mol. The predicted molar refractivity (Wildman–Crippen MR) is 75.8 cm³/mol. The van der Waals surface area contributed by atoms with Crippen LogP contribution >= 0.6 is 11.6 Å². The van der Waals surface area contributed by atoms with Crippen LogP contribution in [0.25, 0.3) is 0 Å². The van der Waals surface area contributed by atoms with Gasteiger partial charge in [-0.15, -0.1) is 0 Å². The maximum atomic E-state index is 6.08. The Morgan fingerprint density at radius 2 is 2.26 bits per heavy atom. The van der Waals surface area contributed by atoms with Gasteiger partial charge in [0.25, 0.3) is 0 Å². The molecule has 1 saturated heterocycles. The fraction of sp³-hybridized carbons (Fsp3) is 0.600. The van der Waals surface area contributed by atoms with Gasteiger partial charge in [0.1, 0.15) is 12.4 Å². The van der Waals surface area contributed by atoms with Gasteiger partial charge in [-0.25, -0.2) is 0 Å². The molecular formula is C15H20ClNO2. The second-order valence-electron chi connectivity index (χ2n) is 5.42. The molecule has 0 amide bonds. The predicted octanol–water partition coefficient (Wildman–Crippen LogP) is 2.96. The zero-order valence-electron chi connectivity index (χ0n) is 11.1. The molecule has 0 bridgehead atoms. The Kier molecular flexibility index (Phi) is 4.26. The molecule has 0 N–H and O–H groups in total. The third-order valence-electron chi connectivity index (χ3n) is 3.85. The average Bonchev–Trinajstić information content (AvgIpc) is 2.61. The van der Waals surface area contributed by atoms with Crippen LogP contribution in [-0.4, -0.2) is 37.8 Å². The quantitative estimate of drug-likeness (QED) is 0.832. The second kappa shape index (κ2) is 6.12. The Hall–Kier alpha value is -0.770. The van der Waals surface area contributed by atoms with Crippen LogP contribution in [0.5, 0.6) is 5.75 Å². The molecule has 3 nitrogen and oxygen atoms in total. The van der Waals surface area contributed by atoms with E-state index in [1.165, 1.54) is 18.4 Å². The largest absolute Gasteiger partial charge is 0.492 e. The Bertz CT molecular complexity index is 432. The number of fused-ring (bicyclic) bond motifs is 1. The van der Waals surface area contributed by atoms with E-state index >= 15 is 0 Å². The van der Waals surface area contributed by atoms with Crippen molar-refractivity contribution in [3.05, 3.63) is 28.8 Å². The molecule has 2 heterocycles. The molecule has 1 atom stereocenters. The van der Waals surface area contributed by atoms with Gasteiger partial charge in [-0.2, -0.15) is 0 Å². The number of nitrogens with zero attached hydrogens (tertiary/aromatic N) is 1. The van der Waals surface area contributed by atoms with Gasteiger partial charge in [0.05, 0.1) is 6.61 Å². The van der Waals surface area contributed by atoms with E-state index in [0.717, 1.165) is 50.2 Å². The number of benzene rings is 1. The van der Waals surface area contributed by atoms with Crippen molar-refractivity contribution in [3.63, 3.8) is 0 Å². The van der Waals surface area contributed by atoms with E-state index in [2.05, 4.69) is 4.90 Å². The van der Waals surface area contributed by atoms with E-state index in [0.29, 0.717) is 5.92 Å². The molecule has 2 aliphatic rings. The lowest BCUT2D eigenvalue weighted by Crippen LogP contribution is -2.34. The highest BCUT2D eigenvalue weighted by atomic mass is 35.5. The Balaban J connectivity index is 1.67. The van der Waals surface area contributed by atoms with Gasteiger partial charge in [0, 0.05) is 36.8 Å². The maximum absolute atomic E-state index is 6.08. The van der Waals surface area contributed by atoms with Crippen molar-refractivity contribution < 1.29 is 9.47 Å². The molecule has 1 aromatic rings. The molecule has 2 aliphatic heterocycles. The van der Waals surface area contributed by atoms with Crippen molar-refractivity contribution in [2.24, 2.45) is 5.92 Å². The summed E-state index contributed by atoms with van der Waals surface area (Å²) >= 11 is 6.08. The van der Waals surface area contributed by atoms with Crippen molar-refractivity contribution in [1.29, 1.82) is 0 Å². The van der Waals surface area contributed by atoms with E-state index in [4.69, 9.17) is 21.1 Å². The fourth-order valence-electron chi connectivity index (χ4n) is 2.89. The van der Waals surface area contributed by atoms with Gasteiger partial charge in [-0.1, -0.05) is 11.6 Å². The molecule has 0 radical (unpaired) electrons. The third-order valence-corrected chi connectivity index (χ3v) is 4.09. The number of hydrogen-bond donors (Lipinski definition) is 0. The van der Waals surface area contributed by atoms with Crippen molar-refractivity contribution in [1.82, 2.24) is 4.90 Å². The van der Waals surface area contributed by atoms with Crippen LogP contribution in [-0.2, 0) is 11.3 Å². The first kappa shape index (κ1) is 13.2. The monoisotopic (exact) mass is 281 g/mol. The first-order valence-corrected chi connectivity index (χ1v) is 7.40.